The summed E-state index contributed by atoms with van der Waals surface area (Å²) >= 11 is 3.27. The highest BCUT2D eigenvalue weighted by molar-refractivity contribution is 7.98. The first-order chi connectivity index (χ1) is 13.7. The minimum absolute atomic E-state index is 0.244. The van der Waals surface area contributed by atoms with Crippen molar-refractivity contribution in [2.75, 3.05) is 0 Å². The highest BCUT2D eigenvalue weighted by Gasteiger charge is 2.14. The van der Waals surface area contributed by atoms with Crippen LogP contribution in [0.15, 0.2) is 66.3 Å². The van der Waals surface area contributed by atoms with Gasteiger partial charge in [-0.25, -0.2) is 9.37 Å². The summed E-state index contributed by atoms with van der Waals surface area (Å²) in [4.78, 5) is 4.66. The van der Waals surface area contributed by atoms with Crippen LogP contribution in [-0.2, 0) is 18.9 Å². The summed E-state index contributed by atoms with van der Waals surface area (Å²) < 4.78 is 21.9. The molecule has 0 N–H and O–H groups in total. The molecule has 8 heteroatoms. The second-order valence-corrected chi connectivity index (χ2v) is 7.96. The topological polar surface area (TPSA) is 52.8 Å². The summed E-state index contributed by atoms with van der Waals surface area (Å²) in [7, 11) is 0. The lowest BCUT2D eigenvalue weighted by Crippen LogP contribution is -2.07. The van der Waals surface area contributed by atoms with E-state index in [1.165, 1.54) is 16.8 Å². The summed E-state index contributed by atoms with van der Waals surface area (Å²) in [5, 5.41) is 10.4. The second kappa shape index (κ2) is 8.53. The molecular formula is C20H17FN4OS2. The van der Waals surface area contributed by atoms with Crippen LogP contribution in [0.1, 0.15) is 10.8 Å². The molecule has 0 spiro atoms. The average molecular weight is 413 g/mol. The number of thiazole rings is 1. The fraction of sp³-hybridized carbons (Fsp3) is 0.150. The molecule has 0 bridgehead atoms. The van der Waals surface area contributed by atoms with Crippen LogP contribution in [0.25, 0.3) is 10.2 Å². The van der Waals surface area contributed by atoms with Crippen LogP contribution in [0.2, 0.25) is 0 Å². The minimum atomic E-state index is -0.296. The maximum Gasteiger partial charge on any atom is 0.192 e. The molecule has 2 aromatic carbocycles. The number of para-hydroxylation sites is 1. The van der Waals surface area contributed by atoms with Gasteiger partial charge in [0, 0.05) is 6.54 Å². The SMILES string of the molecule is C=CCn1c(COc2ccc(F)cc2)nnc1SCc1nc2ccccc2s1. The van der Waals surface area contributed by atoms with Gasteiger partial charge >= 0.3 is 0 Å². The summed E-state index contributed by atoms with van der Waals surface area (Å²) in [6.07, 6.45) is 1.80. The van der Waals surface area contributed by atoms with Crippen LogP contribution < -0.4 is 4.74 Å². The van der Waals surface area contributed by atoms with Crippen molar-refractivity contribution in [2.24, 2.45) is 0 Å². The van der Waals surface area contributed by atoms with Crippen LogP contribution >= 0.6 is 23.1 Å². The van der Waals surface area contributed by atoms with E-state index in [-0.39, 0.29) is 12.4 Å². The molecule has 5 nitrogen and oxygen atoms in total. The molecule has 0 unspecified atom stereocenters. The number of fused-ring (bicyclic) bond motifs is 1. The van der Waals surface area contributed by atoms with E-state index >= 15 is 0 Å². The molecule has 2 aromatic heterocycles. The molecule has 4 rings (SSSR count). The Kier molecular flexibility index (Phi) is 5.68. The van der Waals surface area contributed by atoms with E-state index in [1.54, 1.807) is 41.3 Å². The molecule has 0 atom stereocenters. The van der Waals surface area contributed by atoms with Crippen molar-refractivity contribution in [3.8, 4) is 5.75 Å². The van der Waals surface area contributed by atoms with Crippen LogP contribution in [0, 0.1) is 5.82 Å². The van der Waals surface area contributed by atoms with Crippen molar-refractivity contribution in [3.05, 3.63) is 77.8 Å². The molecule has 0 aliphatic carbocycles. The van der Waals surface area contributed by atoms with E-state index < -0.39 is 0 Å². The molecule has 0 saturated heterocycles. The summed E-state index contributed by atoms with van der Waals surface area (Å²) in [6, 6.07) is 14.0. The van der Waals surface area contributed by atoms with E-state index in [1.807, 2.05) is 22.8 Å². The van der Waals surface area contributed by atoms with Crippen LogP contribution in [-0.4, -0.2) is 19.7 Å². The number of allylic oxidation sites excluding steroid dienone is 1. The largest absolute Gasteiger partial charge is 0.486 e. The number of ether oxygens (including phenoxy) is 1. The lowest BCUT2D eigenvalue weighted by Gasteiger charge is -2.08. The first-order valence-electron chi connectivity index (χ1n) is 8.61. The van der Waals surface area contributed by atoms with Crippen LogP contribution in [0.3, 0.4) is 0 Å². The maximum absolute atomic E-state index is 13.0. The van der Waals surface area contributed by atoms with E-state index in [0.717, 1.165) is 15.7 Å². The van der Waals surface area contributed by atoms with Gasteiger partial charge in [0.2, 0.25) is 0 Å². The third-order valence-corrected chi connectivity index (χ3v) is 6.15. The zero-order valence-corrected chi connectivity index (χ0v) is 16.5. The molecule has 0 radical (unpaired) electrons. The molecule has 0 fully saturated rings. The molecule has 2 heterocycles. The van der Waals surface area contributed by atoms with Gasteiger partial charge in [0.25, 0.3) is 0 Å². The molecule has 4 aromatic rings. The standard InChI is InChI=1S/C20H17FN4OS2/c1-2-11-25-18(12-26-15-9-7-14(21)8-10-15)23-24-20(25)27-13-19-22-16-5-3-4-6-17(16)28-19/h2-10H,1,11-13H2. The molecule has 142 valence electrons. The van der Waals surface area contributed by atoms with Crippen molar-refractivity contribution in [1.29, 1.82) is 0 Å². The van der Waals surface area contributed by atoms with E-state index in [4.69, 9.17) is 4.74 Å². The Morgan fingerprint density at radius 1 is 1.14 bits per heavy atom. The minimum Gasteiger partial charge on any atom is -0.486 e. The fourth-order valence-electron chi connectivity index (χ4n) is 2.63. The maximum atomic E-state index is 13.0. The number of benzene rings is 2. The van der Waals surface area contributed by atoms with Gasteiger partial charge < -0.3 is 4.74 Å². The van der Waals surface area contributed by atoms with Crippen LogP contribution in [0.5, 0.6) is 5.75 Å². The molecular weight excluding hydrogens is 395 g/mol. The van der Waals surface area contributed by atoms with Gasteiger partial charge in [-0.3, -0.25) is 4.57 Å². The van der Waals surface area contributed by atoms with Gasteiger partial charge in [0.05, 0.1) is 16.0 Å². The normalized spacial score (nSPS) is 11.0. The predicted octanol–water partition coefficient (Wildman–Crippen LogP) is 5.08. The lowest BCUT2D eigenvalue weighted by molar-refractivity contribution is 0.288. The molecule has 0 aliphatic rings. The smallest absolute Gasteiger partial charge is 0.192 e. The predicted molar refractivity (Wildman–Crippen MR) is 110 cm³/mol. The van der Waals surface area contributed by atoms with Crippen molar-refractivity contribution in [3.63, 3.8) is 0 Å². The summed E-state index contributed by atoms with van der Waals surface area (Å²) in [6.45, 7) is 4.64. The third-order valence-electron chi connectivity index (χ3n) is 3.95. The van der Waals surface area contributed by atoms with Gasteiger partial charge in [0.1, 0.15) is 23.2 Å². The molecule has 28 heavy (non-hydrogen) atoms. The Morgan fingerprint density at radius 3 is 2.75 bits per heavy atom. The van der Waals surface area contributed by atoms with Gasteiger partial charge in [-0.15, -0.1) is 28.1 Å². The molecule has 0 aliphatic heterocycles. The Labute approximate surface area is 169 Å². The number of thioether (sulfide) groups is 1. The Hall–Kier alpha value is -2.71. The van der Waals surface area contributed by atoms with Crippen molar-refractivity contribution in [2.45, 2.75) is 24.1 Å². The Morgan fingerprint density at radius 2 is 1.96 bits per heavy atom. The van der Waals surface area contributed by atoms with E-state index in [9.17, 15) is 4.39 Å². The Bertz CT molecular complexity index is 1060. The summed E-state index contributed by atoms with van der Waals surface area (Å²) in [5.74, 6) is 1.69. The highest BCUT2D eigenvalue weighted by atomic mass is 32.2. The number of aromatic nitrogens is 4. The van der Waals surface area contributed by atoms with E-state index in [2.05, 4.69) is 27.8 Å². The number of nitrogens with zero attached hydrogens (tertiary/aromatic N) is 4. The third kappa shape index (κ3) is 4.23. The second-order valence-electron chi connectivity index (χ2n) is 5.90. The number of rotatable bonds is 8. The van der Waals surface area contributed by atoms with Crippen molar-refractivity contribution >= 4 is 33.3 Å². The zero-order chi connectivity index (χ0) is 19.3. The Balaban J connectivity index is 1.46. The highest BCUT2D eigenvalue weighted by Crippen LogP contribution is 2.28. The zero-order valence-electron chi connectivity index (χ0n) is 14.9. The van der Waals surface area contributed by atoms with Crippen molar-refractivity contribution < 1.29 is 9.13 Å². The quantitative estimate of drug-likeness (QED) is 0.298. The van der Waals surface area contributed by atoms with Gasteiger partial charge in [-0.1, -0.05) is 30.0 Å². The molecule has 0 saturated carbocycles. The first-order valence-corrected chi connectivity index (χ1v) is 10.4. The fourth-order valence-corrected chi connectivity index (χ4v) is 4.56. The van der Waals surface area contributed by atoms with E-state index in [0.29, 0.717) is 23.9 Å². The monoisotopic (exact) mass is 412 g/mol. The number of hydrogen-bond acceptors (Lipinski definition) is 6. The number of hydrogen-bond donors (Lipinski definition) is 0. The first kappa shape index (κ1) is 18.6. The van der Waals surface area contributed by atoms with Gasteiger partial charge in [-0.2, -0.15) is 0 Å². The van der Waals surface area contributed by atoms with Crippen molar-refractivity contribution in [1.82, 2.24) is 19.7 Å². The van der Waals surface area contributed by atoms with Crippen LogP contribution in [0.4, 0.5) is 4.39 Å². The number of halogens is 1. The lowest BCUT2D eigenvalue weighted by atomic mass is 10.3. The van der Waals surface area contributed by atoms with Gasteiger partial charge in [0.15, 0.2) is 11.0 Å². The molecule has 0 amide bonds. The average Bonchev–Trinajstić information content (AvgIpc) is 3.30. The van der Waals surface area contributed by atoms with Gasteiger partial charge in [-0.05, 0) is 36.4 Å². The summed E-state index contributed by atoms with van der Waals surface area (Å²) in [5.41, 5.74) is 1.02.